The van der Waals surface area contributed by atoms with E-state index in [4.69, 9.17) is 11.6 Å². The number of benzene rings is 1. The summed E-state index contributed by atoms with van der Waals surface area (Å²) in [6.45, 7) is 1.91. The number of carbonyl (C=O) groups is 2. The van der Waals surface area contributed by atoms with Gasteiger partial charge >= 0.3 is 0 Å². The fourth-order valence-corrected chi connectivity index (χ4v) is 2.00. The minimum Gasteiger partial charge on any atom is -0.507 e. The molecule has 0 fully saturated rings. The number of amides is 1. The first kappa shape index (κ1) is 16.5. The van der Waals surface area contributed by atoms with Crippen molar-refractivity contribution in [2.75, 3.05) is 27.7 Å². The third-order valence-electron chi connectivity index (χ3n) is 2.88. The second-order valence-corrected chi connectivity index (χ2v) is 5.41. The predicted molar refractivity (Wildman–Crippen MR) is 78.1 cm³/mol. The van der Waals surface area contributed by atoms with E-state index >= 15 is 0 Å². The molecule has 6 heteroatoms. The van der Waals surface area contributed by atoms with Gasteiger partial charge in [-0.25, -0.2) is 0 Å². The van der Waals surface area contributed by atoms with E-state index < -0.39 is 0 Å². The fourth-order valence-electron chi connectivity index (χ4n) is 1.76. The Hall–Kier alpha value is -1.59. The molecule has 0 saturated carbocycles. The third-order valence-corrected chi connectivity index (χ3v) is 3.10. The van der Waals surface area contributed by atoms with Gasteiger partial charge in [0, 0.05) is 31.2 Å². The molecule has 0 heterocycles. The average Bonchev–Trinajstić information content (AvgIpc) is 2.32. The molecule has 0 spiro atoms. The Morgan fingerprint density at radius 2 is 1.85 bits per heavy atom. The molecule has 0 unspecified atom stereocenters. The summed E-state index contributed by atoms with van der Waals surface area (Å²) in [4.78, 5) is 26.3. The number of carbonyl (C=O) groups excluding carboxylic acids is 2. The van der Waals surface area contributed by atoms with Crippen LogP contribution in [0.3, 0.4) is 0 Å². The Kier molecular flexibility index (Phi) is 5.53. The second-order valence-electron chi connectivity index (χ2n) is 4.98. The first-order chi connectivity index (χ1) is 9.22. The monoisotopic (exact) mass is 298 g/mol. The molecule has 1 aromatic rings. The van der Waals surface area contributed by atoms with Crippen molar-refractivity contribution in [3.8, 4) is 5.75 Å². The number of Topliss-reactive ketones (excluding diaryl/α,β-unsaturated/α-hetero) is 1. The van der Waals surface area contributed by atoms with Gasteiger partial charge in [-0.05, 0) is 26.1 Å². The molecular weight excluding hydrogens is 280 g/mol. The lowest BCUT2D eigenvalue weighted by Gasteiger charge is -2.20. The molecule has 1 N–H and O–H groups in total. The molecule has 0 aliphatic carbocycles. The van der Waals surface area contributed by atoms with Gasteiger partial charge in [0.15, 0.2) is 5.78 Å². The van der Waals surface area contributed by atoms with Gasteiger partial charge in [0.2, 0.25) is 5.91 Å². The minimum absolute atomic E-state index is 0.0409. The number of nitrogens with zero attached hydrogens (tertiary/aromatic N) is 2. The summed E-state index contributed by atoms with van der Waals surface area (Å²) in [6.07, 6.45) is 0. The molecule has 0 aromatic heterocycles. The molecule has 1 rings (SSSR count). The predicted octanol–water partition coefficient (Wildman–Crippen LogP) is 1.77. The van der Waals surface area contributed by atoms with E-state index in [1.807, 2.05) is 0 Å². The number of phenolic OH excluding ortho intramolecular Hbond substituents is 1. The molecule has 0 aliphatic heterocycles. The van der Waals surface area contributed by atoms with Gasteiger partial charge in [-0.3, -0.25) is 14.5 Å². The molecule has 20 heavy (non-hydrogen) atoms. The van der Waals surface area contributed by atoms with Gasteiger partial charge in [-0.1, -0.05) is 11.6 Å². The maximum atomic E-state index is 11.6. The summed E-state index contributed by atoms with van der Waals surface area (Å²) in [6, 6.07) is 3.04. The van der Waals surface area contributed by atoms with Crippen molar-refractivity contribution in [1.29, 1.82) is 0 Å². The highest BCUT2D eigenvalue weighted by Gasteiger charge is 2.16. The van der Waals surface area contributed by atoms with E-state index in [9.17, 15) is 14.7 Å². The van der Waals surface area contributed by atoms with Gasteiger partial charge in [-0.2, -0.15) is 0 Å². The zero-order valence-electron chi connectivity index (χ0n) is 12.1. The Balaban J connectivity index is 2.92. The van der Waals surface area contributed by atoms with Crippen LogP contribution in [0.1, 0.15) is 22.8 Å². The van der Waals surface area contributed by atoms with Crippen LogP contribution in [0.15, 0.2) is 12.1 Å². The van der Waals surface area contributed by atoms with Gasteiger partial charge in [0.05, 0.1) is 12.1 Å². The van der Waals surface area contributed by atoms with Gasteiger partial charge in [0.1, 0.15) is 5.75 Å². The lowest BCUT2D eigenvalue weighted by atomic mass is 10.1. The van der Waals surface area contributed by atoms with E-state index in [0.29, 0.717) is 17.1 Å². The molecule has 110 valence electrons. The average molecular weight is 299 g/mol. The quantitative estimate of drug-likeness (QED) is 0.842. The summed E-state index contributed by atoms with van der Waals surface area (Å²) in [5.74, 6) is -0.370. The lowest BCUT2D eigenvalue weighted by molar-refractivity contribution is -0.129. The smallest absolute Gasteiger partial charge is 0.236 e. The molecule has 0 aliphatic rings. The fraction of sp³-hybridized carbons (Fsp3) is 0.429. The zero-order valence-corrected chi connectivity index (χ0v) is 12.9. The van der Waals surface area contributed by atoms with Gasteiger partial charge < -0.3 is 10.0 Å². The number of ketones is 1. The number of hydrogen-bond donors (Lipinski definition) is 1. The maximum Gasteiger partial charge on any atom is 0.236 e. The van der Waals surface area contributed by atoms with E-state index in [1.54, 1.807) is 32.1 Å². The number of aromatic hydroxyl groups is 1. The van der Waals surface area contributed by atoms with Crippen molar-refractivity contribution >= 4 is 23.3 Å². The van der Waals surface area contributed by atoms with Crippen LogP contribution in [0.5, 0.6) is 5.75 Å². The largest absolute Gasteiger partial charge is 0.507 e. The number of likely N-dealkylation sites (N-methyl/N-ethyl adjacent to an activating group) is 2. The van der Waals surface area contributed by atoms with Crippen LogP contribution < -0.4 is 0 Å². The Labute approximate surface area is 123 Å². The van der Waals surface area contributed by atoms with E-state index in [2.05, 4.69) is 0 Å². The molecule has 5 nitrogen and oxygen atoms in total. The highest BCUT2D eigenvalue weighted by molar-refractivity contribution is 6.31. The van der Waals surface area contributed by atoms with Crippen molar-refractivity contribution in [1.82, 2.24) is 9.80 Å². The second kappa shape index (κ2) is 6.72. The topological polar surface area (TPSA) is 60.9 Å². The van der Waals surface area contributed by atoms with E-state index in [0.717, 1.165) is 0 Å². The van der Waals surface area contributed by atoms with E-state index in [1.165, 1.54) is 17.9 Å². The maximum absolute atomic E-state index is 11.6. The third kappa shape index (κ3) is 4.21. The molecule has 0 bridgehead atoms. The van der Waals surface area contributed by atoms with Gasteiger partial charge in [0.25, 0.3) is 0 Å². The van der Waals surface area contributed by atoms with Crippen LogP contribution >= 0.6 is 11.6 Å². The summed E-state index contributed by atoms with van der Waals surface area (Å²) in [5.41, 5.74) is 0.719. The van der Waals surface area contributed by atoms with Crippen LogP contribution in [-0.4, -0.2) is 54.3 Å². The van der Waals surface area contributed by atoms with Crippen LogP contribution in [0, 0.1) is 0 Å². The molecule has 0 atom stereocenters. The lowest BCUT2D eigenvalue weighted by Crippen LogP contribution is -2.34. The highest BCUT2D eigenvalue weighted by Crippen LogP contribution is 2.28. The first-order valence-electron chi connectivity index (χ1n) is 6.13. The zero-order chi connectivity index (χ0) is 15.4. The molecule has 1 amide bonds. The summed E-state index contributed by atoms with van der Waals surface area (Å²) >= 11 is 5.95. The Morgan fingerprint density at radius 3 is 2.35 bits per heavy atom. The van der Waals surface area contributed by atoms with Crippen molar-refractivity contribution in [2.45, 2.75) is 13.5 Å². The van der Waals surface area contributed by atoms with E-state index in [-0.39, 0.29) is 29.5 Å². The minimum atomic E-state index is -0.252. The molecule has 0 saturated heterocycles. The standard InChI is InChI=1S/C14H19ClN2O3/c1-9(18)12-6-11(15)5-10(14(12)20)7-17(4)8-13(19)16(2)3/h5-6,20H,7-8H2,1-4H3. The van der Waals surface area contributed by atoms with Crippen molar-refractivity contribution in [2.24, 2.45) is 0 Å². The van der Waals surface area contributed by atoms with Gasteiger partial charge in [-0.15, -0.1) is 0 Å². The van der Waals surface area contributed by atoms with Crippen LogP contribution in [0.2, 0.25) is 5.02 Å². The molecule has 1 aromatic carbocycles. The molecular formula is C14H19ClN2O3. The normalized spacial score (nSPS) is 10.7. The first-order valence-corrected chi connectivity index (χ1v) is 6.51. The van der Waals surface area contributed by atoms with Crippen molar-refractivity contribution < 1.29 is 14.7 Å². The van der Waals surface area contributed by atoms with Crippen LogP contribution in [0.4, 0.5) is 0 Å². The van der Waals surface area contributed by atoms with Crippen molar-refractivity contribution in [3.05, 3.63) is 28.3 Å². The Morgan fingerprint density at radius 1 is 1.25 bits per heavy atom. The number of phenols is 1. The molecule has 0 radical (unpaired) electrons. The number of hydrogen-bond acceptors (Lipinski definition) is 4. The summed E-state index contributed by atoms with van der Waals surface area (Å²) in [7, 11) is 5.12. The number of halogens is 1. The SMILES string of the molecule is CC(=O)c1cc(Cl)cc(CN(C)CC(=O)N(C)C)c1O. The number of rotatable bonds is 5. The van der Waals surface area contributed by atoms with Crippen molar-refractivity contribution in [3.63, 3.8) is 0 Å². The van der Waals surface area contributed by atoms with Crippen LogP contribution in [0.25, 0.3) is 0 Å². The van der Waals surface area contributed by atoms with Crippen LogP contribution in [-0.2, 0) is 11.3 Å². The highest BCUT2D eigenvalue weighted by atomic mass is 35.5. The Bertz CT molecular complexity index is 529. The summed E-state index contributed by atoms with van der Waals surface area (Å²) < 4.78 is 0. The summed E-state index contributed by atoms with van der Waals surface area (Å²) in [5, 5.41) is 10.5.